The van der Waals surface area contributed by atoms with Gasteiger partial charge >= 0.3 is 5.97 Å². The van der Waals surface area contributed by atoms with Gasteiger partial charge in [-0.05, 0) is 26.8 Å². The van der Waals surface area contributed by atoms with E-state index < -0.39 is 16.0 Å². The van der Waals surface area contributed by atoms with Crippen LogP contribution in [0.4, 0.5) is 0 Å². The molecule has 0 amide bonds. The number of hydrogen-bond acceptors (Lipinski definition) is 4. The number of carbonyl (C=O) groups is 1. The molecule has 6 nitrogen and oxygen atoms in total. The Bertz CT molecular complexity index is 558. The first-order valence-corrected chi connectivity index (χ1v) is 6.96. The molecule has 0 atom stereocenters. The van der Waals surface area contributed by atoms with Gasteiger partial charge in [0.2, 0.25) is 10.0 Å². The summed E-state index contributed by atoms with van der Waals surface area (Å²) in [7, 11) is -0.736. The van der Waals surface area contributed by atoms with Crippen molar-refractivity contribution < 1.29 is 17.9 Å². The van der Waals surface area contributed by atoms with Gasteiger partial charge in [0.15, 0.2) is 0 Å². The van der Waals surface area contributed by atoms with E-state index in [2.05, 4.69) is 9.46 Å². The Morgan fingerprint density at radius 1 is 1.44 bits per heavy atom. The number of nitrogens with one attached hydrogen (secondary N) is 1. The number of sulfonamides is 1. The summed E-state index contributed by atoms with van der Waals surface area (Å²) >= 11 is 0. The SMILES string of the molecule is COC(=O)c1cc(S(=O)(=O)NC(C)C)c(C)n1C. The Kier molecular flexibility index (Phi) is 4.18. The largest absolute Gasteiger partial charge is 0.464 e. The third kappa shape index (κ3) is 2.73. The fraction of sp³-hybridized carbons (Fsp3) is 0.545. The van der Waals surface area contributed by atoms with E-state index in [1.807, 2.05) is 0 Å². The first-order chi connectivity index (χ1) is 8.20. The maximum atomic E-state index is 12.1. The van der Waals surface area contributed by atoms with Gasteiger partial charge in [0, 0.05) is 18.8 Å². The van der Waals surface area contributed by atoms with E-state index >= 15 is 0 Å². The van der Waals surface area contributed by atoms with Gasteiger partial charge in [0.05, 0.1) is 7.11 Å². The van der Waals surface area contributed by atoms with Gasteiger partial charge < -0.3 is 9.30 Å². The van der Waals surface area contributed by atoms with Gasteiger partial charge in [0.25, 0.3) is 0 Å². The molecule has 0 bridgehead atoms. The maximum Gasteiger partial charge on any atom is 0.354 e. The summed E-state index contributed by atoms with van der Waals surface area (Å²) in [5, 5.41) is 0. The Labute approximate surface area is 107 Å². The van der Waals surface area contributed by atoms with E-state index in [9.17, 15) is 13.2 Å². The van der Waals surface area contributed by atoms with Crippen LogP contribution in [0, 0.1) is 6.92 Å². The molecule has 102 valence electrons. The van der Waals surface area contributed by atoms with Crippen LogP contribution in [-0.4, -0.2) is 32.1 Å². The number of carbonyl (C=O) groups excluding carboxylic acids is 1. The highest BCUT2D eigenvalue weighted by Crippen LogP contribution is 2.20. The molecular weight excluding hydrogens is 256 g/mol. The van der Waals surface area contributed by atoms with E-state index in [1.165, 1.54) is 17.7 Å². The zero-order valence-corrected chi connectivity index (χ0v) is 12.0. The lowest BCUT2D eigenvalue weighted by Gasteiger charge is -2.09. The fourth-order valence-electron chi connectivity index (χ4n) is 1.62. The predicted octanol–water partition coefficient (Wildman–Crippen LogP) is 0.807. The first-order valence-electron chi connectivity index (χ1n) is 5.47. The molecule has 0 saturated carbocycles. The molecule has 0 fully saturated rings. The van der Waals surface area contributed by atoms with Crippen LogP contribution in [0.5, 0.6) is 0 Å². The predicted molar refractivity (Wildman–Crippen MR) is 66.9 cm³/mol. The Hall–Kier alpha value is -1.34. The second kappa shape index (κ2) is 5.11. The normalized spacial score (nSPS) is 11.9. The average molecular weight is 274 g/mol. The minimum Gasteiger partial charge on any atom is -0.464 e. The molecular formula is C11H18N2O4S. The third-order valence-electron chi connectivity index (χ3n) is 2.56. The highest BCUT2D eigenvalue weighted by molar-refractivity contribution is 7.89. The zero-order chi connectivity index (χ0) is 14.1. The molecule has 1 heterocycles. The minimum atomic E-state index is -3.61. The van der Waals surface area contributed by atoms with Gasteiger partial charge in [-0.3, -0.25) is 0 Å². The van der Waals surface area contributed by atoms with Gasteiger partial charge in [-0.1, -0.05) is 0 Å². The molecule has 1 aromatic rings. The highest BCUT2D eigenvalue weighted by Gasteiger charge is 2.24. The summed E-state index contributed by atoms with van der Waals surface area (Å²) in [4.78, 5) is 11.6. The summed E-state index contributed by atoms with van der Waals surface area (Å²) in [6.45, 7) is 5.11. The van der Waals surface area contributed by atoms with Crippen LogP contribution in [0.1, 0.15) is 30.0 Å². The molecule has 0 unspecified atom stereocenters. The standard InChI is InChI=1S/C11H18N2O4S/c1-7(2)12-18(15,16)10-6-9(11(14)17-5)13(4)8(10)3/h6-7,12H,1-5H3. The molecule has 0 saturated heterocycles. The molecule has 0 aliphatic heterocycles. The molecule has 0 aromatic carbocycles. The summed E-state index contributed by atoms with van der Waals surface area (Å²) < 4.78 is 32.7. The van der Waals surface area contributed by atoms with Crippen molar-refractivity contribution in [1.29, 1.82) is 0 Å². The molecule has 1 N–H and O–H groups in total. The number of ether oxygens (including phenoxy) is 1. The first kappa shape index (κ1) is 14.7. The second-order valence-corrected chi connectivity index (χ2v) is 5.99. The van der Waals surface area contributed by atoms with Gasteiger partial charge in [0.1, 0.15) is 10.6 Å². The lowest BCUT2D eigenvalue weighted by Crippen LogP contribution is -2.30. The van der Waals surface area contributed by atoms with Crippen LogP contribution in [0.3, 0.4) is 0 Å². The number of aromatic nitrogens is 1. The summed E-state index contributed by atoms with van der Waals surface area (Å²) in [5.74, 6) is -0.563. The summed E-state index contributed by atoms with van der Waals surface area (Å²) in [6.07, 6.45) is 0. The van der Waals surface area contributed by atoms with E-state index in [-0.39, 0.29) is 16.6 Å². The van der Waals surface area contributed by atoms with Crippen LogP contribution < -0.4 is 4.72 Å². The highest BCUT2D eigenvalue weighted by atomic mass is 32.2. The monoisotopic (exact) mass is 274 g/mol. The molecule has 0 aliphatic carbocycles. The van der Waals surface area contributed by atoms with Crippen molar-refractivity contribution in [3.8, 4) is 0 Å². The van der Waals surface area contributed by atoms with Gasteiger partial charge in [-0.2, -0.15) is 0 Å². The van der Waals surface area contributed by atoms with Crippen LogP contribution in [0.15, 0.2) is 11.0 Å². The average Bonchev–Trinajstić information content (AvgIpc) is 2.54. The minimum absolute atomic E-state index is 0.0964. The van der Waals surface area contributed by atoms with E-state index in [0.717, 1.165) is 0 Å². The van der Waals surface area contributed by atoms with Crippen molar-refractivity contribution in [2.24, 2.45) is 7.05 Å². The number of methoxy groups -OCH3 is 1. The molecule has 18 heavy (non-hydrogen) atoms. The number of hydrogen-bond donors (Lipinski definition) is 1. The molecule has 0 spiro atoms. The van der Waals surface area contributed by atoms with Crippen molar-refractivity contribution in [1.82, 2.24) is 9.29 Å². The zero-order valence-electron chi connectivity index (χ0n) is 11.1. The van der Waals surface area contributed by atoms with Crippen molar-refractivity contribution in [3.05, 3.63) is 17.5 Å². The van der Waals surface area contributed by atoms with Crippen molar-refractivity contribution in [2.75, 3.05) is 7.11 Å². The second-order valence-electron chi connectivity index (χ2n) is 4.31. The smallest absolute Gasteiger partial charge is 0.354 e. The Morgan fingerprint density at radius 2 is 2.00 bits per heavy atom. The molecule has 0 radical (unpaired) electrons. The molecule has 0 aliphatic rings. The van der Waals surface area contributed by atoms with Crippen molar-refractivity contribution >= 4 is 16.0 Å². The molecule has 1 aromatic heterocycles. The lowest BCUT2D eigenvalue weighted by molar-refractivity contribution is 0.0589. The topological polar surface area (TPSA) is 77.4 Å². The Balaban J connectivity index is 3.32. The lowest BCUT2D eigenvalue weighted by atomic mass is 10.4. The van der Waals surface area contributed by atoms with Crippen LogP contribution in [0.2, 0.25) is 0 Å². The summed E-state index contributed by atoms with van der Waals surface area (Å²) in [5.41, 5.74) is 0.697. The van der Waals surface area contributed by atoms with E-state index in [4.69, 9.17) is 0 Å². The fourth-order valence-corrected chi connectivity index (χ4v) is 3.16. The third-order valence-corrected chi connectivity index (χ3v) is 4.34. The van der Waals surface area contributed by atoms with Gasteiger partial charge in [-0.25, -0.2) is 17.9 Å². The number of esters is 1. The van der Waals surface area contributed by atoms with Crippen LogP contribution in [0.25, 0.3) is 0 Å². The van der Waals surface area contributed by atoms with Crippen LogP contribution in [-0.2, 0) is 21.8 Å². The number of nitrogens with zero attached hydrogens (tertiary/aromatic N) is 1. The quantitative estimate of drug-likeness (QED) is 0.824. The maximum absolute atomic E-state index is 12.1. The van der Waals surface area contributed by atoms with E-state index in [0.29, 0.717) is 5.69 Å². The molecule has 1 rings (SSSR count). The summed E-state index contributed by atoms with van der Waals surface area (Å²) in [6, 6.07) is 1.11. The Morgan fingerprint density at radius 3 is 2.44 bits per heavy atom. The van der Waals surface area contributed by atoms with Crippen LogP contribution >= 0.6 is 0 Å². The van der Waals surface area contributed by atoms with Crippen molar-refractivity contribution in [2.45, 2.75) is 31.7 Å². The van der Waals surface area contributed by atoms with E-state index in [1.54, 1.807) is 27.8 Å². The molecule has 7 heteroatoms. The number of rotatable bonds is 4. The van der Waals surface area contributed by atoms with Gasteiger partial charge in [-0.15, -0.1) is 0 Å². The van der Waals surface area contributed by atoms with Crippen molar-refractivity contribution in [3.63, 3.8) is 0 Å².